The number of carboxylic acids is 1. The molecule has 1 aromatic heterocycles. The maximum atomic E-state index is 12.6. The Morgan fingerprint density at radius 3 is 2.75 bits per heavy atom. The molecule has 1 N–H and O–H groups in total. The fourth-order valence-electron chi connectivity index (χ4n) is 2.57. The summed E-state index contributed by atoms with van der Waals surface area (Å²) in [7, 11) is 0. The van der Waals surface area contributed by atoms with Gasteiger partial charge in [-0.3, -0.25) is 9.59 Å². The standard InChI is InChI=1S/C14H19BrN2O3/c1-9(2)17-8-11(15)6-12(17)13(18)16-5-3-4-10(7-16)14(19)20/h6,8-10H,3-5,7H2,1-2H3,(H,19,20). The zero-order valence-corrected chi connectivity index (χ0v) is 13.3. The Morgan fingerprint density at radius 1 is 1.45 bits per heavy atom. The van der Waals surface area contributed by atoms with Crippen LogP contribution in [0.25, 0.3) is 0 Å². The summed E-state index contributed by atoms with van der Waals surface area (Å²) in [6.07, 6.45) is 3.27. The molecule has 0 radical (unpaired) electrons. The second-order valence-corrected chi connectivity index (χ2v) is 6.39. The van der Waals surface area contributed by atoms with Gasteiger partial charge in [-0.1, -0.05) is 0 Å². The van der Waals surface area contributed by atoms with Crippen LogP contribution >= 0.6 is 15.9 Å². The minimum atomic E-state index is -0.817. The van der Waals surface area contributed by atoms with Gasteiger partial charge in [0, 0.05) is 29.8 Å². The third-order valence-electron chi connectivity index (χ3n) is 3.65. The number of aromatic nitrogens is 1. The van der Waals surface area contributed by atoms with Gasteiger partial charge in [0.15, 0.2) is 0 Å². The molecule has 6 heteroatoms. The Hall–Kier alpha value is -1.30. The molecule has 2 rings (SSSR count). The third-order valence-corrected chi connectivity index (χ3v) is 4.08. The molecular weight excluding hydrogens is 324 g/mol. The Bertz CT molecular complexity index is 524. The SMILES string of the molecule is CC(C)n1cc(Br)cc1C(=O)N1CCCC(C(=O)O)C1. The van der Waals surface area contributed by atoms with E-state index in [9.17, 15) is 9.59 Å². The molecule has 1 aromatic rings. The molecule has 1 unspecified atom stereocenters. The lowest BCUT2D eigenvalue weighted by Gasteiger charge is -2.31. The third kappa shape index (κ3) is 3.06. The summed E-state index contributed by atoms with van der Waals surface area (Å²) in [6, 6.07) is 1.98. The van der Waals surface area contributed by atoms with Crippen LogP contribution in [0.5, 0.6) is 0 Å². The molecule has 5 nitrogen and oxygen atoms in total. The van der Waals surface area contributed by atoms with Crippen LogP contribution in [0.4, 0.5) is 0 Å². The van der Waals surface area contributed by atoms with Crippen LogP contribution in [0, 0.1) is 5.92 Å². The molecule has 1 aliphatic heterocycles. The number of hydrogen-bond acceptors (Lipinski definition) is 2. The highest BCUT2D eigenvalue weighted by Crippen LogP contribution is 2.23. The second-order valence-electron chi connectivity index (χ2n) is 5.47. The molecule has 1 atom stereocenters. The molecular formula is C14H19BrN2O3. The molecule has 2 heterocycles. The first-order valence-electron chi connectivity index (χ1n) is 6.79. The van der Waals surface area contributed by atoms with Crippen LogP contribution in [-0.2, 0) is 4.79 Å². The Kier molecular flexibility index (Phi) is 4.52. The van der Waals surface area contributed by atoms with E-state index in [4.69, 9.17) is 5.11 Å². The van der Waals surface area contributed by atoms with Gasteiger partial charge in [0.25, 0.3) is 5.91 Å². The Balaban J connectivity index is 2.21. The van der Waals surface area contributed by atoms with Gasteiger partial charge in [-0.05, 0) is 48.7 Å². The number of hydrogen-bond donors (Lipinski definition) is 1. The predicted molar refractivity (Wildman–Crippen MR) is 78.8 cm³/mol. The van der Waals surface area contributed by atoms with Crippen LogP contribution in [0.3, 0.4) is 0 Å². The van der Waals surface area contributed by atoms with Gasteiger partial charge in [0.2, 0.25) is 0 Å². The zero-order chi connectivity index (χ0) is 14.9. The van der Waals surface area contributed by atoms with E-state index in [0.717, 1.165) is 10.9 Å². The van der Waals surface area contributed by atoms with Crippen molar-refractivity contribution in [3.05, 3.63) is 22.4 Å². The lowest BCUT2D eigenvalue weighted by molar-refractivity contribution is -0.143. The molecule has 0 spiro atoms. The summed E-state index contributed by atoms with van der Waals surface area (Å²) in [5, 5.41) is 9.10. The molecule has 110 valence electrons. The van der Waals surface area contributed by atoms with Crippen LogP contribution in [0.15, 0.2) is 16.7 Å². The first-order chi connectivity index (χ1) is 9.40. The van der Waals surface area contributed by atoms with E-state index in [1.54, 1.807) is 11.0 Å². The molecule has 0 aromatic carbocycles. The first kappa shape index (κ1) is 15.1. The van der Waals surface area contributed by atoms with Gasteiger partial charge in [-0.15, -0.1) is 0 Å². The summed E-state index contributed by atoms with van der Waals surface area (Å²) in [5.41, 5.74) is 0.609. The number of carbonyl (C=O) groups is 2. The molecule has 1 aliphatic rings. The molecule has 1 saturated heterocycles. The van der Waals surface area contributed by atoms with Crippen molar-refractivity contribution in [2.24, 2.45) is 5.92 Å². The van der Waals surface area contributed by atoms with Gasteiger partial charge < -0.3 is 14.6 Å². The van der Waals surface area contributed by atoms with E-state index in [1.165, 1.54) is 0 Å². The van der Waals surface area contributed by atoms with E-state index in [1.807, 2.05) is 24.6 Å². The van der Waals surface area contributed by atoms with Gasteiger partial charge in [0.1, 0.15) is 5.69 Å². The van der Waals surface area contributed by atoms with Crippen LogP contribution < -0.4 is 0 Å². The zero-order valence-electron chi connectivity index (χ0n) is 11.7. The van der Waals surface area contributed by atoms with Crippen molar-refractivity contribution in [3.63, 3.8) is 0 Å². The average Bonchev–Trinajstić information content (AvgIpc) is 2.80. The highest BCUT2D eigenvalue weighted by atomic mass is 79.9. The number of nitrogens with zero attached hydrogens (tertiary/aromatic N) is 2. The highest BCUT2D eigenvalue weighted by Gasteiger charge is 2.30. The molecule has 0 saturated carbocycles. The normalized spacial score (nSPS) is 19.4. The fraction of sp³-hybridized carbons (Fsp3) is 0.571. The summed E-state index contributed by atoms with van der Waals surface area (Å²) in [4.78, 5) is 25.3. The molecule has 0 aliphatic carbocycles. The summed E-state index contributed by atoms with van der Waals surface area (Å²) >= 11 is 3.39. The van der Waals surface area contributed by atoms with E-state index in [2.05, 4.69) is 15.9 Å². The van der Waals surface area contributed by atoms with E-state index in [-0.39, 0.29) is 11.9 Å². The van der Waals surface area contributed by atoms with Gasteiger partial charge in [-0.2, -0.15) is 0 Å². The maximum absolute atomic E-state index is 12.6. The van der Waals surface area contributed by atoms with Crippen molar-refractivity contribution < 1.29 is 14.7 Å². The number of halogens is 1. The number of carboxylic acid groups (broad SMARTS) is 1. The van der Waals surface area contributed by atoms with Crippen molar-refractivity contribution in [2.75, 3.05) is 13.1 Å². The fourth-order valence-corrected chi connectivity index (χ4v) is 3.01. The van der Waals surface area contributed by atoms with Gasteiger partial charge in [-0.25, -0.2) is 0 Å². The molecule has 1 amide bonds. The number of amides is 1. The Morgan fingerprint density at radius 2 is 2.15 bits per heavy atom. The van der Waals surface area contributed by atoms with Crippen molar-refractivity contribution in [3.8, 4) is 0 Å². The topological polar surface area (TPSA) is 62.5 Å². The van der Waals surface area contributed by atoms with Gasteiger partial charge >= 0.3 is 5.97 Å². The quantitative estimate of drug-likeness (QED) is 0.918. The summed E-state index contributed by atoms with van der Waals surface area (Å²) in [5.74, 6) is -1.35. The van der Waals surface area contributed by atoms with E-state index in [0.29, 0.717) is 25.2 Å². The van der Waals surface area contributed by atoms with Crippen molar-refractivity contribution in [1.82, 2.24) is 9.47 Å². The predicted octanol–water partition coefficient (Wildman–Crippen LogP) is 2.77. The van der Waals surface area contributed by atoms with Crippen LogP contribution in [0.1, 0.15) is 43.2 Å². The summed E-state index contributed by atoms with van der Waals surface area (Å²) in [6.45, 7) is 4.96. The Labute approximate surface area is 126 Å². The number of rotatable bonds is 3. The maximum Gasteiger partial charge on any atom is 0.308 e. The van der Waals surface area contributed by atoms with Gasteiger partial charge in [0.05, 0.1) is 5.92 Å². The smallest absolute Gasteiger partial charge is 0.308 e. The number of carbonyl (C=O) groups excluding carboxylic acids is 1. The summed E-state index contributed by atoms with van der Waals surface area (Å²) < 4.78 is 2.78. The number of piperidine rings is 1. The lowest BCUT2D eigenvalue weighted by atomic mass is 9.98. The minimum absolute atomic E-state index is 0.0876. The largest absolute Gasteiger partial charge is 0.481 e. The van der Waals surface area contributed by atoms with Crippen molar-refractivity contribution >= 4 is 27.8 Å². The second kappa shape index (κ2) is 5.99. The van der Waals surface area contributed by atoms with Crippen LogP contribution in [-0.4, -0.2) is 39.5 Å². The van der Waals surface area contributed by atoms with Crippen LogP contribution in [0.2, 0.25) is 0 Å². The van der Waals surface area contributed by atoms with E-state index >= 15 is 0 Å². The van der Waals surface area contributed by atoms with E-state index < -0.39 is 11.9 Å². The average molecular weight is 343 g/mol. The number of aliphatic carboxylic acids is 1. The molecule has 0 bridgehead atoms. The van der Waals surface area contributed by atoms with Crippen molar-refractivity contribution in [2.45, 2.75) is 32.7 Å². The van der Waals surface area contributed by atoms with Crippen molar-refractivity contribution in [1.29, 1.82) is 0 Å². The first-order valence-corrected chi connectivity index (χ1v) is 7.59. The highest BCUT2D eigenvalue weighted by molar-refractivity contribution is 9.10. The monoisotopic (exact) mass is 342 g/mol. The lowest BCUT2D eigenvalue weighted by Crippen LogP contribution is -2.43. The molecule has 20 heavy (non-hydrogen) atoms. The number of likely N-dealkylation sites (tertiary alicyclic amines) is 1. The molecule has 1 fully saturated rings. The minimum Gasteiger partial charge on any atom is -0.481 e.